The van der Waals surface area contributed by atoms with Crippen LogP contribution in [-0.4, -0.2) is 55.1 Å². The summed E-state index contributed by atoms with van der Waals surface area (Å²) in [6.07, 6.45) is 3.34. The number of benzene rings is 1. The molecule has 0 radical (unpaired) electrons. The van der Waals surface area contributed by atoms with Gasteiger partial charge in [-0.3, -0.25) is 9.69 Å². The Hall–Kier alpha value is -1.85. The van der Waals surface area contributed by atoms with Crippen LogP contribution in [0.4, 0.5) is 0 Å². The van der Waals surface area contributed by atoms with Crippen molar-refractivity contribution in [3.8, 4) is 0 Å². The van der Waals surface area contributed by atoms with Crippen LogP contribution >= 0.6 is 0 Å². The number of para-hydroxylation sites is 1. The number of hydrogen-bond acceptors (Lipinski definition) is 3. The maximum absolute atomic E-state index is 12.0. The summed E-state index contributed by atoms with van der Waals surface area (Å²) in [6.45, 7) is 5.94. The Balaban J connectivity index is 1.40. The summed E-state index contributed by atoms with van der Waals surface area (Å²) < 4.78 is 0. The number of piperazine rings is 1. The third-order valence-corrected chi connectivity index (χ3v) is 4.26. The molecule has 2 aromatic rings. The van der Waals surface area contributed by atoms with Gasteiger partial charge in [0.25, 0.3) is 0 Å². The Labute approximate surface area is 131 Å². The van der Waals surface area contributed by atoms with E-state index in [-0.39, 0.29) is 5.91 Å². The first kappa shape index (κ1) is 15.1. The quantitative estimate of drug-likeness (QED) is 0.749. The first-order valence-corrected chi connectivity index (χ1v) is 8.08. The van der Waals surface area contributed by atoms with Crippen molar-refractivity contribution in [2.75, 3.05) is 39.3 Å². The maximum Gasteiger partial charge on any atom is 0.220 e. The zero-order chi connectivity index (χ0) is 15.2. The van der Waals surface area contributed by atoms with Crippen molar-refractivity contribution in [3.63, 3.8) is 0 Å². The van der Waals surface area contributed by atoms with Crippen molar-refractivity contribution >= 4 is 16.8 Å². The molecule has 0 atom stereocenters. The summed E-state index contributed by atoms with van der Waals surface area (Å²) in [5.41, 5.74) is 2.35. The molecule has 1 aliphatic rings. The predicted octanol–water partition coefficient (Wildman–Crippen LogP) is 1.12. The van der Waals surface area contributed by atoms with Gasteiger partial charge in [-0.15, -0.1) is 0 Å². The fourth-order valence-electron chi connectivity index (χ4n) is 2.96. The van der Waals surface area contributed by atoms with E-state index < -0.39 is 0 Å². The first-order chi connectivity index (χ1) is 10.8. The highest BCUT2D eigenvalue weighted by atomic mass is 16.1. The fraction of sp³-hybridized carbons (Fsp3) is 0.471. The number of rotatable bonds is 6. The number of aryl methyl sites for hydroxylation is 1. The number of amides is 1. The molecule has 2 heterocycles. The third kappa shape index (κ3) is 3.87. The smallest absolute Gasteiger partial charge is 0.220 e. The predicted molar refractivity (Wildman–Crippen MR) is 88.9 cm³/mol. The van der Waals surface area contributed by atoms with E-state index >= 15 is 0 Å². The average Bonchev–Trinajstić information content (AvgIpc) is 2.97. The summed E-state index contributed by atoms with van der Waals surface area (Å²) in [5.74, 6) is 0.139. The van der Waals surface area contributed by atoms with Gasteiger partial charge in [0.05, 0.1) is 0 Å². The number of aromatic nitrogens is 1. The minimum atomic E-state index is 0.139. The molecular weight excluding hydrogens is 276 g/mol. The van der Waals surface area contributed by atoms with Crippen LogP contribution < -0.4 is 10.6 Å². The molecule has 0 aliphatic carbocycles. The van der Waals surface area contributed by atoms with Gasteiger partial charge in [-0.05, 0) is 18.1 Å². The second-order valence-corrected chi connectivity index (χ2v) is 5.80. The lowest BCUT2D eigenvalue weighted by molar-refractivity contribution is -0.121. The Morgan fingerprint density at radius 3 is 2.91 bits per heavy atom. The normalized spacial score (nSPS) is 16.0. The molecule has 118 valence electrons. The van der Waals surface area contributed by atoms with Crippen LogP contribution in [0.15, 0.2) is 30.5 Å². The van der Waals surface area contributed by atoms with E-state index in [1.165, 1.54) is 10.9 Å². The molecule has 0 bridgehead atoms. The second kappa shape index (κ2) is 7.42. The highest BCUT2D eigenvalue weighted by molar-refractivity contribution is 5.84. The van der Waals surface area contributed by atoms with E-state index in [1.54, 1.807) is 0 Å². The Morgan fingerprint density at radius 1 is 1.23 bits per heavy atom. The summed E-state index contributed by atoms with van der Waals surface area (Å²) in [6, 6.07) is 8.22. The lowest BCUT2D eigenvalue weighted by Crippen LogP contribution is -2.46. The standard InChI is InChI=1S/C17H24N4O/c22-17(19-9-12-21-10-7-18-8-11-21)6-5-14-13-20-16-4-2-1-3-15(14)16/h1-4,13,18,20H,5-12H2,(H,19,22). The van der Waals surface area contributed by atoms with E-state index in [4.69, 9.17) is 0 Å². The molecule has 1 aliphatic heterocycles. The van der Waals surface area contributed by atoms with E-state index in [1.807, 2.05) is 18.3 Å². The lowest BCUT2D eigenvalue weighted by Gasteiger charge is -2.27. The second-order valence-electron chi connectivity index (χ2n) is 5.80. The van der Waals surface area contributed by atoms with Gasteiger partial charge in [-0.1, -0.05) is 18.2 Å². The Bertz CT molecular complexity index is 616. The van der Waals surface area contributed by atoms with E-state index in [0.29, 0.717) is 6.42 Å². The average molecular weight is 300 g/mol. The maximum atomic E-state index is 12.0. The van der Waals surface area contributed by atoms with Crippen molar-refractivity contribution in [2.45, 2.75) is 12.8 Å². The fourth-order valence-corrected chi connectivity index (χ4v) is 2.96. The third-order valence-electron chi connectivity index (χ3n) is 4.26. The van der Waals surface area contributed by atoms with E-state index in [9.17, 15) is 4.79 Å². The van der Waals surface area contributed by atoms with Crippen molar-refractivity contribution in [3.05, 3.63) is 36.0 Å². The molecule has 0 unspecified atom stereocenters. The molecule has 1 saturated heterocycles. The number of nitrogens with one attached hydrogen (secondary N) is 3. The Kier molecular flexibility index (Phi) is 5.08. The molecular formula is C17H24N4O. The highest BCUT2D eigenvalue weighted by Gasteiger charge is 2.10. The van der Waals surface area contributed by atoms with Gasteiger partial charge >= 0.3 is 0 Å². The number of carbonyl (C=O) groups is 1. The van der Waals surface area contributed by atoms with Gasteiger partial charge < -0.3 is 15.6 Å². The largest absolute Gasteiger partial charge is 0.361 e. The monoisotopic (exact) mass is 300 g/mol. The molecule has 3 N–H and O–H groups in total. The number of nitrogens with zero attached hydrogens (tertiary/aromatic N) is 1. The van der Waals surface area contributed by atoms with Gasteiger partial charge in [-0.25, -0.2) is 0 Å². The minimum absolute atomic E-state index is 0.139. The number of aromatic amines is 1. The number of H-pyrrole nitrogens is 1. The Morgan fingerprint density at radius 2 is 2.05 bits per heavy atom. The van der Waals surface area contributed by atoms with Gasteiger partial charge in [0.1, 0.15) is 0 Å². The van der Waals surface area contributed by atoms with Crippen molar-refractivity contribution < 1.29 is 4.79 Å². The zero-order valence-electron chi connectivity index (χ0n) is 12.9. The summed E-state index contributed by atoms with van der Waals surface area (Å²) >= 11 is 0. The zero-order valence-corrected chi connectivity index (χ0v) is 12.9. The molecule has 1 aromatic heterocycles. The van der Waals surface area contributed by atoms with Crippen LogP contribution in [-0.2, 0) is 11.2 Å². The van der Waals surface area contributed by atoms with Gasteiger partial charge in [-0.2, -0.15) is 0 Å². The van der Waals surface area contributed by atoms with Gasteiger partial charge in [0.2, 0.25) is 5.91 Å². The van der Waals surface area contributed by atoms with Crippen LogP contribution in [0.3, 0.4) is 0 Å². The number of carbonyl (C=O) groups excluding carboxylic acids is 1. The van der Waals surface area contributed by atoms with Crippen LogP contribution in [0.5, 0.6) is 0 Å². The molecule has 0 saturated carbocycles. The SMILES string of the molecule is O=C(CCc1c[nH]c2ccccc12)NCCN1CCNCC1. The van der Waals surface area contributed by atoms with E-state index in [2.05, 4.69) is 32.7 Å². The summed E-state index contributed by atoms with van der Waals surface area (Å²) in [5, 5.41) is 7.58. The molecule has 0 spiro atoms. The minimum Gasteiger partial charge on any atom is -0.361 e. The van der Waals surface area contributed by atoms with Crippen LogP contribution in [0.25, 0.3) is 10.9 Å². The van der Waals surface area contributed by atoms with E-state index in [0.717, 1.165) is 51.2 Å². The van der Waals surface area contributed by atoms with Crippen LogP contribution in [0.1, 0.15) is 12.0 Å². The number of fused-ring (bicyclic) bond motifs is 1. The summed E-state index contributed by atoms with van der Waals surface area (Å²) in [4.78, 5) is 17.6. The topological polar surface area (TPSA) is 60.2 Å². The van der Waals surface area contributed by atoms with Crippen molar-refractivity contribution in [1.82, 2.24) is 20.5 Å². The molecule has 5 nitrogen and oxygen atoms in total. The number of hydrogen-bond donors (Lipinski definition) is 3. The van der Waals surface area contributed by atoms with Crippen LogP contribution in [0, 0.1) is 0 Å². The first-order valence-electron chi connectivity index (χ1n) is 8.08. The van der Waals surface area contributed by atoms with Crippen molar-refractivity contribution in [1.29, 1.82) is 0 Å². The lowest BCUT2D eigenvalue weighted by atomic mass is 10.1. The van der Waals surface area contributed by atoms with Crippen LogP contribution in [0.2, 0.25) is 0 Å². The van der Waals surface area contributed by atoms with Gasteiger partial charge in [0, 0.05) is 62.8 Å². The molecule has 1 fully saturated rings. The highest BCUT2D eigenvalue weighted by Crippen LogP contribution is 2.18. The molecule has 22 heavy (non-hydrogen) atoms. The van der Waals surface area contributed by atoms with Crippen molar-refractivity contribution in [2.24, 2.45) is 0 Å². The van der Waals surface area contributed by atoms with Gasteiger partial charge in [0.15, 0.2) is 0 Å². The molecule has 5 heteroatoms. The molecule has 3 rings (SSSR count). The summed E-state index contributed by atoms with van der Waals surface area (Å²) in [7, 11) is 0. The molecule has 1 amide bonds. The molecule has 1 aromatic carbocycles.